The monoisotopic (exact) mass is 348 g/mol. The summed E-state index contributed by atoms with van der Waals surface area (Å²) in [6.45, 7) is 9.47. The molecule has 6 nitrogen and oxygen atoms in total. The number of aryl methyl sites for hydroxylation is 1. The predicted molar refractivity (Wildman–Crippen MR) is 103 cm³/mol. The van der Waals surface area contributed by atoms with Crippen molar-refractivity contribution in [3.8, 4) is 5.75 Å². The van der Waals surface area contributed by atoms with E-state index in [9.17, 15) is 0 Å². The summed E-state index contributed by atoms with van der Waals surface area (Å²) in [5.41, 5.74) is 1.32. The third-order valence-corrected chi connectivity index (χ3v) is 4.22. The van der Waals surface area contributed by atoms with E-state index in [0.29, 0.717) is 0 Å². The van der Waals surface area contributed by atoms with Crippen LogP contribution in [0.3, 0.4) is 0 Å². The Morgan fingerprint density at radius 1 is 1.20 bits per heavy atom. The molecule has 0 saturated carbocycles. The van der Waals surface area contributed by atoms with E-state index in [1.165, 1.54) is 5.56 Å². The fourth-order valence-electron chi connectivity index (χ4n) is 2.77. The minimum Gasteiger partial charge on any atom is -0.497 e. The third-order valence-electron chi connectivity index (χ3n) is 4.22. The van der Waals surface area contributed by atoms with Gasteiger partial charge < -0.3 is 20.1 Å². The summed E-state index contributed by atoms with van der Waals surface area (Å²) in [5, 5.41) is 6.73. The lowest BCUT2D eigenvalue weighted by Gasteiger charge is -2.26. The number of hydrogen-bond donors (Lipinski definition) is 2. The highest BCUT2D eigenvalue weighted by Gasteiger charge is 2.09. The maximum atomic E-state index is 5.38. The van der Waals surface area contributed by atoms with Gasteiger partial charge in [-0.1, -0.05) is 12.1 Å². The summed E-state index contributed by atoms with van der Waals surface area (Å²) in [5.74, 6) is 1.81. The fourth-order valence-corrected chi connectivity index (χ4v) is 2.77. The molecule has 1 aromatic carbocycles. The molecule has 1 aliphatic rings. The Labute approximate surface area is 151 Å². The molecule has 0 aliphatic carbocycles. The van der Waals surface area contributed by atoms with E-state index < -0.39 is 0 Å². The Hall–Kier alpha value is -1.79. The third kappa shape index (κ3) is 7.75. The minimum atomic E-state index is 0.818. The molecule has 0 bridgehead atoms. The summed E-state index contributed by atoms with van der Waals surface area (Å²) in [6, 6.07) is 8.26. The molecule has 140 valence electrons. The highest BCUT2D eigenvalue weighted by Crippen LogP contribution is 2.12. The first-order chi connectivity index (χ1) is 12.3. The number of ether oxygens (including phenoxy) is 2. The van der Waals surface area contributed by atoms with Gasteiger partial charge in [-0.25, -0.2) is 0 Å². The van der Waals surface area contributed by atoms with Crippen LogP contribution in [0.1, 0.15) is 18.9 Å². The molecule has 1 heterocycles. The van der Waals surface area contributed by atoms with Gasteiger partial charge in [0, 0.05) is 39.3 Å². The van der Waals surface area contributed by atoms with Crippen LogP contribution in [0.4, 0.5) is 0 Å². The summed E-state index contributed by atoms with van der Waals surface area (Å²) >= 11 is 0. The maximum Gasteiger partial charge on any atom is 0.191 e. The highest BCUT2D eigenvalue weighted by molar-refractivity contribution is 5.79. The molecule has 0 radical (unpaired) electrons. The smallest absolute Gasteiger partial charge is 0.191 e. The fraction of sp³-hybridized carbons (Fsp3) is 0.632. The molecule has 0 spiro atoms. The first kappa shape index (κ1) is 19.5. The van der Waals surface area contributed by atoms with Crippen LogP contribution in [0, 0.1) is 0 Å². The van der Waals surface area contributed by atoms with E-state index >= 15 is 0 Å². The number of nitrogens with zero attached hydrogens (tertiary/aromatic N) is 2. The van der Waals surface area contributed by atoms with Crippen molar-refractivity contribution in [3.05, 3.63) is 29.8 Å². The van der Waals surface area contributed by atoms with Crippen LogP contribution < -0.4 is 15.4 Å². The van der Waals surface area contributed by atoms with E-state index in [-0.39, 0.29) is 0 Å². The number of aliphatic imine (C=N–C) groups is 1. The normalized spacial score (nSPS) is 15.8. The van der Waals surface area contributed by atoms with Crippen molar-refractivity contribution in [1.82, 2.24) is 15.5 Å². The lowest BCUT2D eigenvalue weighted by Crippen LogP contribution is -2.44. The molecule has 2 rings (SSSR count). The second-order valence-corrected chi connectivity index (χ2v) is 6.09. The molecular weight excluding hydrogens is 316 g/mol. The molecule has 1 aromatic rings. The number of hydrogen-bond acceptors (Lipinski definition) is 4. The number of nitrogens with one attached hydrogen (secondary N) is 2. The predicted octanol–water partition coefficient (Wildman–Crippen LogP) is 1.52. The molecule has 25 heavy (non-hydrogen) atoms. The lowest BCUT2D eigenvalue weighted by atomic mass is 10.1. The second-order valence-electron chi connectivity index (χ2n) is 6.09. The van der Waals surface area contributed by atoms with Gasteiger partial charge >= 0.3 is 0 Å². The molecule has 1 saturated heterocycles. The lowest BCUT2D eigenvalue weighted by molar-refractivity contribution is 0.0389. The largest absolute Gasteiger partial charge is 0.497 e. The Morgan fingerprint density at radius 3 is 2.64 bits per heavy atom. The van der Waals surface area contributed by atoms with Crippen LogP contribution in [0.15, 0.2) is 29.3 Å². The van der Waals surface area contributed by atoms with Crippen molar-refractivity contribution in [2.24, 2.45) is 4.99 Å². The van der Waals surface area contributed by atoms with Gasteiger partial charge in [0.25, 0.3) is 0 Å². The van der Waals surface area contributed by atoms with Crippen molar-refractivity contribution in [1.29, 1.82) is 0 Å². The van der Waals surface area contributed by atoms with Crippen molar-refractivity contribution < 1.29 is 9.47 Å². The number of guanidine groups is 1. The molecule has 0 unspecified atom stereocenters. The molecule has 6 heteroatoms. The van der Waals surface area contributed by atoms with Crippen molar-refractivity contribution in [3.63, 3.8) is 0 Å². The van der Waals surface area contributed by atoms with E-state index in [1.54, 1.807) is 7.11 Å². The molecule has 0 amide bonds. The van der Waals surface area contributed by atoms with Crippen LogP contribution >= 0.6 is 0 Å². The van der Waals surface area contributed by atoms with Crippen molar-refractivity contribution >= 4 is 5.96 Å². The van der Waals surface area contributed by atoms with Gasteiger partial charge in [-0.3, -0.25) is 9.89 Å². The van der Waals surface area contributed by atoms with Crippen LogP contribution in [-0.2, 0) is 11.2 Å². The summed E-state index contributed by atoms with van der Waals surface area (Å²) in [7, 11) is 1.69. The van der Waals surface area contributed by atoms with Crippen molar-refractivity contribution in [2.75, 3.05) is 59.6 Å². The number of rotatable bonds is 9. The van der Waals surface area contributed by atoms with Crippen LogP contribution in [0.2, 0.25) is 0 Å². The topological polar surface area (TPSA) is 58.1 Å². The van der Waals surface area contributed by atoms with Crippen LogP contribution in [0.5, 0.6) is 5.75 Å². The molecule has 1 fully saturated rings. The van der Waals surface area contributed by atoms with Gasteiger partial charge in [0.2, 0.25) is 0 Å². The van der Waals surface area contributed by atoms with Crippen molar-refractivity contribution in [2.45, 2.75) is 19.8 Å². The van der Waals surface area contributed by atoms with Gasteiger partial charge in [-0.05, 0) is 37.5 Å². The van der Waals surface area contributed by atoms with Gasteiger partial charge in [-0.15, -0.1) is 0 Å². The maximum absolute atomic E-state index is 5.38. The van der Waals surface area contributed by atoms with Gasteiger partial charge in [-0.2, -0.15) is 0 Å². The van der Waals surface area contributed by atoms with E-state index in [4.69, 9.17) is 9.47 Å². The Balaban J connectivity index is 1.66. The first-order valence-electron chi connectivity index (χ1n) is 9.27. The van der Waals surface area contributed by atoms with Gasteiger partial charge in [0.15, 0.2) is 5.96 Å². The summed E-state index contributed by atoms with van der Waals surface area (Å²) < 4.78 is 10.6. The second kappa shape index (κ2) is 11.7. The zero-order valence-corrected chi connectivity index (χ0v) is 15.6. The zero-order valence-electron chi connectivity index (χ0n) is 15.6. The SMILES string of the molecule is CCNC(=NCCCc1ccc(OC)cc1)NCCN1CCOCC1. The van der Waals surface area contributed by atoms with E-state index in [1.807, 2.05) is 12.1 Å². The molecule has 1 aliphatic heterocycles. The van der Waals surface area contributed by atoms with Crippen LogP contribution in [0.25, 0.3) is 0 Å². The van der Waals surface area contributed by atoms with E-state index in [0.717, 1.165) is 77.0 Å². The zero-order chi connectivity index (χ0) is 17.7. The van der Waals surface area contributed by atoms with Gasteiger partial charge in [0.05, 0.1) is 20.3 Å². The summed E-state index contributed by atoms with van der Waals surface area (Å²) in [6.07, 6.45) is 2.06. The Morgan fingerprint density at radius 2 is 1.96 bits per heavy atom. The number of morpholine rings is 1. The Bertz CT molecular complexity index is 499. The molecule has 2 N–H and O–H groups in total. The van der Waals surface area contributed by atoms with Gasteiger partial charge in [0.1, 0.15) is 5.75 Å². The van der Waals surface area contributed by atoms with Crippen LogP contribution in [-0.4, -0.2) is 70.5 Å². The Kier molecular flexibility index (Phi) is 9.15. The molecular formula is C19H32N4O2. The number of benzene rings is 1. The van der Waals surface area contributed by atoms with E-state index in [2.05, 4.69) is 39.6 Å². The summed E-state index contributed by atoms with van der Waals surface area (Å²) in [4.78, 5) is 7.09. The molecule has 0 aromatic heterocycles. The average molecular weight is 348 g/mol. The minimum absolute atomic E-state index is 0.818. The average Bonchev–Trinajstić information content (AvgIpc) is 2.66. The standard InChI is InChI=1S/C19H32N4O2/c1-3-20-19(22-11-12-23-13-15-25-16-14-23)21-10-4-5-17-6-8-18(24-2)9-7-17/h6-9H,3-5,10-16H2,1-2H3,(H2,20,21,22). The number of methoxy groups -OCH3 is 1. The quantitative estimate of drug-likeness (QED) is 0.403. The first-order valence-corrected chi connectivity index (χ1v) is 9.27. The molecule has 0 atom stereocenters. The highest BCUT2D eigenvalue weighted by atomic mass is 16.5.